The largest absolute Gasteiger partial charge is 0.462 e. The molecule has 6 nitrogen and oxygen atoms in total. The second-order valence-corrected chi connectivity index (χ2v) is 22.2. The molecule has 69 heavy (non-hydrogen) atoms. The van der Waals surface area contributed by atoms with Crippen LogP contribution in [0.4, 0.5) is 0 Å². The minimum Gasteiger partial charge on any atom is -0.462 e. The minimum absolute atomic E-state index is 0.0612. The third-order valence-corrected chi connectivity index (χ3v) is 14.5. The summed E-state index contributed by atoms with van der Waals surface area (Å²) in [5.41, 5.74) is 0. The maximum absolute atomic E-state index is 12.9. The van der Waals surface area contributed by atoms with E-state index in [1.54, 1.807) is 0 Å². The molecule has 0 saturated heterocycles. The van der Waals surface area contributed by atoms with E-state index in [4.69, 9.17) is 14.2 Å². The van der Waals surface area contributed by atoms with Gasteiger partial charge in [-0.05, 0) is 25.2 Å². The average molecular weight is 976 g/mol. The van der Waals surface area contributed by atoms with Gasteiger partial charge in [0.05, 0.1) is 0 Å². The van der Waals surface area contributed by atoms with Crippen molar-refractivity contribution in [2.75, 3.05) is 13.2 Å². The van der Waals surface area contributed by atoms with Gasteiger partial charge in [0.1, 0.15) is 13.2 Å². The number of hydrogen-bond acceptors (Lipinski definition) is 6. The molecule has 0 radical (unpaired) electrons. The van der Waals surface area contributed by atoms with Crippen LogP contribution in [0.3, 0.4) is 0 Å². The summed E-state index contributed by atoms with van der Waals surface area (Å²) in [5, 5.41) is 0. The van der Waals surface area contributed by atoms with Gasteiger partial charge in [0.25, 0.3) is 0 Å². The number of esters is 3. The van der Waals surface area contributed by atoms with Crippen molar-refractivity contribution < 1.29 is 28.6 Å². The van der Waals surface area contributed by atoms with Gasteiger partial charge in [-0.15, -0.1) is 0 Å². The first kappa shape index (κ1) is 67.4. The van der Waals surface area contributed by atoms with Crippen LogP contribution < -0.4 is 0 Å². The van der Waals surface area contributed by atoms with Crippen molar-refractivity contribution in [1.82, 2.24) is 0 Å². The Bertz CT molecular complexity index is 1040. The van der Waals surface area contributed by atoms with Gasteiger partial charge in [-0.2, -0.15) is 0 Å². The maximum atomic E-state index is 12.9. The Morgan fingerprint density at radius 3 is 0.710 bits per heavy atom. The lowest BCUT2D eigenvalue weighted by Gasteiger charge is -2.18. The second-order valence-electron chi connectivity index (χ2n) is 22.2. The molecule has 0 aliphatic heterocycles. The second kappa shape index (κ2) is 57.3. The highest BCUT2D eigenvalue weighted by Gasteiger charge is 2.19. The molecule has 410 valence electrons. The summed E-state index contributed by atoms with van der Waals surface area (Å²) in [4.78, 5) is 38.3. The van der Waals surface area contributed by atoms with Crippen LogP contribution in [-0.2, 0) is 28.6 Å². The van der Waals surface area contributed by atoms with E-state index in [2.05, 4.69) is 27.7 Å². The fourth-order valence-electron chi connectivity index (χ4n) is 9.81. The van der Waals surface area contributed by atoms with Gasteiger partial charge in [0, 0.05) is 19.3 Å². The molecule has 0 aliphatic carbocycles. The standard InChI is InChI=1S/C63H122O6/c1-5-7-9-11-13-15-17-19-21-22-27-30-34-38-42-46-50-54-61(64)67-57-60(69-63(66)56-52-48-44-40-36-32-25-20-18-16-14-12-10-8-6-2)58-68-62(65)55-51-47-43-39-35-31-28-24-23-26-29-33-37-41-45-49-53-59(3)4/h59-60H,5-58H2,1-4H3/t60-/m0/s1. The molecule has 0 fully saturated rings. The van der Waals surface area contributed by atoms with Crippen LogP contribution in [0.25, 0.3) is 0 Å². The van der Waals surface area contributed by atoms with Gasteiger partial charge in [0.15, 0.2) is 6.10 Å². The highest BCUT2D eigenvalue weighted by atomic mass is 16.6. The lowest BCUT2D eigenvalue weighted by molar-refractivity contribution is -0.167. The van der Waals surface area contributed by atoms with Gasteiger partial charge in [-0.25, -0.2) is 0 Å². The van der Waals surface area contributed by atoms with Gasteiger partial charge < -0.3 is 14.2 Å². The first-order valence-corrected chi connectivity index (χ1v) is 31.4. The lowest BCUT2D eigenvalue weighted by atomic mass is 10.0. The number of carbonyl (C=O) groups is 3. The van der Waals surface area contributed by atoms with Crippen molar-refractivity contribution in [3.8, 4) is 0 Å². The summed E-state index contributed by atoms with van der Waals surface area (Å²) >= 11 is 0. The fourth-order valence-corrected chi connectivity index (χ4v) is 9.81. The fraction of sp³-hybridized carbons (Fsp3) is 0.952. The first-order chi connectivity index (χ1) is 33.9. The third-order valence-electron chi connectivity index (χ3n) is 14.5. The Labute approximate surface area is 431 Å². The molecule has 0 saturated carbocycles. The van der Waals surface area contributed by atoms with Crippen LogP contribution in [0.1, 0.15) is 362 Å². The van der Waals surface area contributed by atoms with Crippen molar-refractivity contribution >= 4 is 17.9 Å². The first-order valence-electron chi connectivity index (χ1n) is 31.4. The predicted molar refractivity (Wildman–Crippen MR) is 298 cm³/mol. The topological polar surface area (TPSA) is 78.9 Å². The molecular weight excluding hydrogens is 853 g/mol. The van der Waals surface area contributed by atoms with Crippen molar-refractivity contribution in [2.24, 2.45) is 5.92 Å². The zero-order valence-corrected chi connectivity index (χ0v) is 47.3. The predicted octanol–water partition coefficient (Wildman–Crippen LogP) is 21.0. The van der Waals surface area contributed by atoms with Crippen molar-refractivity contribution in [3.05, 3.63) is 0 Å². The molecule has 0 bridgehead atoms. The summed E-state index contributed by atoms with van der Waals surface area (Å²) < 4.78 is 16.9. The number of hydrogen-bond donors (Lipinski definition) is 0. The number of carbonyl (C=O) groups excluding carboxylic acids is 3. The van der Waals surface area contributed by atoms with E-state index in [1.165, 1.54) is 257 Å². The summed E-state index contributed by atoms with van der Waals surface area (Å²) in [6.45, 7) is 9.09. The summed E-state index contributed by atoms with van der Waals surface area (Å²) in [6, 6.07) is 0. The normalized spacial score (nSPS) is 12.0. The number of rotatable bonds is 58. The molecule has 0 aromatic rings. The highest BCUT2D eigenvalue weighted by Crippen LogP contribution is 2.19. The van der Waals surface area contributed by atoms with E-state index >= 15 is 0 Å². The number of ether oxygens (including phenoxy) is 3. The van der Waals surface area contributed by atoms with Gasteiger partial charge in [-0.3, -0.25) is 14.4 Å². The molecule has 0 aliphatic rings. The Morgan fingerprint density at radius 2 is 0.478 bits per heavy atom. The van der Waals surface area contributed by atoms with E-state index in [0.717, 1.165) is 63.7 Å². The Hall–Kier alpha value is -1.59. The van der Waals surface area contributed by atoms with E-state index < -0.39 is 6.10 Å². The van der Waals surface area contributed by atoms with Crippen LogP contribution in [0.2, 0.25) is 0 Å². The Kier molecular flexibility index (Phi) is 56.0. The maximum Gasteiger partial charge on any atom is 0.306 e. The molecule has 0 unspecified atom stereocenters. The Morgan fingerprint density at radius 1 is 0.275 bits per heavy atom. The van der Waals surface area contributed by atoms with Gasteiger partial charge in [0.2, 0.25) is 0 Å². The smallest absolute Gasteiger partial charge is 0.306 e. The SMILES string of the molecule is CCCCCCCCCCCCCCCCCCCC(=O)OC[C@@H](COC(=O)CCCCCCCCCCCCCCCCCCC(C)C)OC(=O)CCCCCCCCCCCCCCCCC. The molecular formula is C63H122O6. The van der Waals surface area contributed by atoms with Crippen LogP contribution in [0, 0.1) is 5.92 Å². The zero-order valence-electron chi connectivity index (χ0n) is 47.3. The molecule has 0 spiro atoms. The lowest BCUT2D eigenvalue weighted by Crippen LogP contribution is -2.30. The van der Waals surface area contributed by atoms with Crippen molar-refractivity contribution in [3.63, 3.8) is 0 Å². The van der Waals surface area contributed by atoms with Gasteiger partial charge >= 0.3 is 17.9 Å². The molecule has 0 N–H and O–H groups in total. The van der Waals surface area contributed by atoms with Crippen LogP contribution in [-0.4, -0.2) is 37.2 Å². The quantitative estimate of drug-likeness (QED) is 0.0343. The van der Waals surface area contributed by atoms with E-state index in [1.807, 2.05) is 0 Å². The van der Waals surface area contributed by atoms with Crippen molar-refractivity contribution in [2.45, 2.75) is 368 Å². The summed E-state index contributed by atoms with van der Waals surface area (Å²) in [7, 11) is 0. The van der Waals surface area contributed by atoms with Crippen LogP contribution in [0.15, 0.2) is 0 Å². The van der Waals surface area contributed by atoms with Gasteiger partial charge in [-0.1, -0.05) is 323 Å². The molecule has 0 heterocycles. The van der Waals surface area contributed by atoms with E-state index in [9.17, 15) is 14.4 Å². The Balaban J connectivity index is 4.27. The molecule has 6 heteroatoms. The molecule has 0 aromatic heterocycles. The molecule has 0 amide bonds. The molecule has 1 atom stereocenters. The monoisotopic (exact) mass is 975 g/mol. The average Bonchev–Trinajstić information content (AvgIpc) is 3.34. The van der Waals surface area contributed by atoms with Crippen LogP contribution >= 0.6 is 0 Å². The van der Waals surface area contributed by atoms with E-state index in [-0.39, 0.29) is 31.1 Å². The molecule has 0 rings (SSSR count). The van der Waals surface area contributed by atoms with Crippen molar-refractivity contribution in [1.29, 1.82) is 0 Å². The summed E-state index contributed by atoms with van der Waals surface area (Å²) in [6.07, 6.45) is 63.8. The van der Waals surface area contributed by atoms with E-state index in [0.29, 0.717) is 19.3 Å². The summed E-state index contributed by atoms with van der Waals surface area (Å²) in [5.74, 6) is 0.0247. The minimum atomic E-state index is -0.762. The van der Waals surface area contributed by atoms with Crippen LogP contribution in [0.5, 0.6) is 0 Å². The number of unbranched alkanes of at least 4 members (excludes halogenated alkanes) is 45. The third kappa shape index (κ3) is 57.2. The zero-order chi connectivity index (χ0) is 50.2. The highest BCUT2D eigenvalue weighted by molar-refractivity contribution is 5.71. The molecule has 0 aromatic carbocycles.